The van der Waals surface area contributed by atoms with Crippen LogP contribution in [-0.4, -0.2) is 5.11 Å². The summed E-state index contributed by atoms with van der Waals surface area (Å²) in [5, 5.41) is 14.9. The fourth-order valence-electron chi connectivity index (χ4n) is 4.59. The summed E-state index contributed by atoms with van der Waals surface area (Å²) >= 11 is 0. The molecule has 2 unspecified atom stereocenters. The summed E-state index contributed by atoms with van der Waals surface area (Å²) in [5.74, 6) is 0. The number of benzene rings is 3. The quantitative estimate of drug-likeness (QED) is 0.651. The minimum Gasteiger partial charge on any atom is -0.369 e. The number of para-hydroxylation sites is 3. The second-order valence-electron chi connectivity index (χ2n) is 6.81. The molecule has 3 aromatic rings. The van der Waals surface area contributed by atoms with Gasteiger partial charge in [0.05, 0.1) is 0 Å². The number of hydrogen-bond acceptors (Lipinski definition) is 4. The minimum absolute atomic E-state index is 0.0118. The molecule has 0 amide bonds. The van der Waals surface area contributed by atoms with E-state index in [1.807, 2.05) is 24.3 Å². The smallest absolute Gasteiger partial charge is 0.157 e. The van der Waals surface area contributed by atoms with Gasteiger partial charge in [-0.05, 0) is 18.2 Å². The van der Waals surface area contributed by atoms with Crippen molar-refractivity contribution in [1.29, 1.82) is 0 Å². The second-order valence-corrected chi connectivity index (χ2v) is 6.81. The van der Waals surface area contributed by atoms with E-state index in [-0.39, 0.29) is 12.3 Å². The Balaban J connectivity index is 1.71. The van der Waals surface area contributed by atoms with Crippen molar-refractivity contribution >= 4 is 17.1 Å². The molecule has 3 aliphatic rings. The van der Waals surface area contributed by atoms with E-state index < -0.39 is 6.23 Å². The molecule has 0 saturated carbocycles. The Hall–Kier alpha value is -2.98. The van der Waals surface area contributed by atoms with Gasteiger partial charge in [-0.1, -0.05) is 54.6 Å². The van der Waals surface area contributed by atoms with Gasteiger partial charge < -0.3 is 20.2 Å². The first-order valence-corrected chi connectivity index (χ1v) is 8.62. The zero-order valence-electron chi connectivity index (χ0n) is 13.5. The SMILES string of the molecule is OC1c2ccccc2N2C3c4ccccc4N[C@@H]2c2ccccc2N13. The summed E-state index contributed by atoms with van der Waals surface area (Å²) in [6, 6.07) is 24.9. The predicted molar refractivity (Wildman–Crippen MR) is 98.3 cm³/mol. The molecular formula is C21H17N3O. The molecule has 0 aromatic heterocycles. The summed E-state index contributed by atoms with van der Waals surface area (Å²) in [4.78, 5) is 4.54. The normalized spacial score (nSPS) is 24.8. The average molecular weight is 327 g/mol. The molecule has 0 aliphatic carbocycles. The molecule has 2 N–H and O–H groups in total. The lowest BCUT2D eigenvalue weighted by atomic mass is 9.89. The zero-order chi connectivity index (χ0) is 16.5. The maximum Gasteiger partial charge on any atom is 0.157 e. The van der Waals surface area contributed by atoms with Crippen molar-refractivity contribution in [2.24, 2.45) is 0 Å². The molecular weight excluding hydrogens is 310 g/mol. The first-order chi connectivity index (χ1) is 12.3. The van der Waals surface area contributed by atoms with Crippen LogP contribution in [0.15, 0.2) is 72.8 Å². The summed E-state index contributed by atoms with van der Waals surface area (Å²) < 4.78 is 0. The lowest BCUT2D eigenvalue weighted by molar-refractivity contribution is 0.144. The van der Waals surface area contributed by atoms with Crippen LogP contribution in [0.1, 0.15) is 35.2 Å². The van der Waals surface area contributed by atoms with Crippen LogP contribution in [0, 0.1) is 0 Å². The van der Waals surface area contributed by atoms with Crippen LogP contribution in [0.5, 0.6) is 0 Å². The van der Waals surface area contributed by atoms with E-state index in [1.54, 1.807) is 0 Å². The highest BCUT2D eigenvalue weighted by Gasteiger charge is 2.50. The molecule has 25 heavy (non-hydrogen) atoms. The molecule has 6 rings (SSSR count). The molecule has 0 fully saturated rings. The largest absolute Gasteiger partial charge is 0.369 e. The Kier molecular flexibility index (Phi) is 2.43. The van der Waals surface area contributed by atoms with Crippen LogP contribution < -0.4 is 15.1 Å². The standard InChI is InChI=1S/C21H17N3O/c25-21-15-9-3-6-12-18(15)23-19-14-8-2-5-11-17(14)24(21)20(23)13-7-1-4-10-16(13)22-19/h1-12,19-22,25H/t19-,20?,21?/m0/s1. The van der Waals surface area contributed by atoms with Gasteiger partial charge in [0.1, 0.15) is 12.3 Å². The van der Waals surface area contributed by atoms with Gasteiger partial charge in [0.25, 0.3) is 0 Å². The number of nitrogens with one attached hydrogen (secondary N) is 1. The number of anilines is 3. The van der Waals surface area contributed by atoms with Gasteiger partial charge in [0.2, 0.25) is 0 Å². The highest BCUT2D eigenvalue weighted by atomic mass is 16.3. The molecule has 3 atom stereocenters. The van der Waals surface area contributed by atoms with Crippen molar-refractivity contribution in [3.05, 3.63) is 89.5 Å². The van der Waals surface area contributed by atoms with Crippen LogP contribution in [0.25, 0.3) is 0 Å². The van der Waals surface area contributed by atoms with E-state index in [9.17, 15) is 5.11 Å². The molecule has 3 aliphatic heterocycles. The third kappa shape index (κ3) is 1.55. The molecule has 3 heterocycles. The van der Waals surface area contributed by atoms with Crippen LogP contribution in [0.4, 0.5) is 17.1 Å². The lowest BCUT2D eigenvalue weighted by Gasteiger charge is -2.59. The van der Waals surface area contributed by atoms with Gasteiger partial charge in [-0.2, -0.15) is 0 Å². The summed E-state index contributed by atoms with van der Waals surface area (Å²) in [7, 11) is 0. The van der Waals surface area contributed by atoms with E-state index in [4.69, 9.17) is 0 Å². The van der Waals surface area contributed by atoms with Gasteiger partial charge in [-0.25, -0.2) is 0 Å². The van der Waals surface area contributed by atoms with E-state index >= 15 is 0 Å². The zero-order valence-corrected chi connectivity index (χ0v) is 13.5. The highest BCUT2D eigenvalue weighted by molar-refractivity contribution is 5.78. The van der Waals surface area contributed by atoms with Gasteiger partial charge in [-0.3, -0.25) is 0 Å². The Morgan fingerprint density at radius 3 is 2.08 bits per heavy atom. The summed E-state index contributed by atoms with van der Waals surface area (Å²) in [6.45, 7) is 0. The topological polar surface area (TPSA) is 38.7 Å². The van der Waals surface area contributed by atoms with Crippen LogP contribution in [0.3, 0.4) is 0 Å². The van der Waals surface area contributed by atoms with Gasteiger partial charge in [0.15, 0.2) is 6.23 Å². The predicted octanol–water partition coefficient (Wildman–Crippen LogP) is 4.14. The Labute approximate surface area is 145 Å². The Morgan fingerprint density at radius 2 is 1.28 bits per heavy atom. The maximum absolute atomic E-state index is 11.2. The van der Waals surface area contributed by atoms with Crippen LogP contribution >= 0.6 is 0 Å². The van der Waals surface area contributed by atoms with Gasteiger partial charge >= 0.3 is 0 Å². The van der Waals surface area contributed by atoms with Gasteiger partial charge in [0, 0.05) is 33.8 Å². The van der Waals surface area contributed by atoms with Crippen molar-refractivity contribution in [2.45, 2.75) is 18.6 Å². The molecule has 0 saturated heterocycles. The molecule has 4 nitrogen and oxygen atoms in total. The second kappa shape index (κ2) is 4.55. The van der Waals surface area contributed by atoms with Gasteiger partial charge in [-0.15, -0.1) is 0 Å². The summed E-state index contributed by atoms with van der Waals surface area (Å²) in [6.07, 6.45) is -0.617. The third-order valence-electron chi connectivity index (χ3n) is 5.60. The van der Waals surface area contributed by atoms with E-state index in [2.05, 4.69) is 63.6 Å². The molecule has 0 radical (unpaired) electrons. The number of rotatable bonds is 0. The van der Waals surface area contributed by atoms with Crippen molar-refractivity contribution < 1.29 is 5.11 Å². The molecule has 4 bridgehead atoms. The molecule has 3 aromatic carbocycles. The lowest BCUT2D eigenvalue weighted by Crippen LogP contribution is -2.57. The Bertz CT molecular complexity index is 989. The van der Waals surface area contributed by atoms with Crippen molar-refractivity contribution in [3.63, 3.8) is 0 Å². The number of aliphatic hydroxyl groups is 1. The maximum atomic E-state index is 11.2. The summed E-state index contributed by atoms with van der Waals surface area (Å²) in [5.41, 5.74) is 6.68. The van der Waals surface area contributed by atoms with E-state index in [0.29, 0.717) is 0 Å². The monoisotopic (exact) mass is 327 g/mol. The first-order valence-electron chi connectivity index (χ1n) is 8.62. The molecule has 0 spiro atoms. The van der Waals surface area contributed by atoms with E-state index in [1.165, 1.54) is 11.1 Å². The molecule has 4 heteroatoms. The fourth-order valence-corrected chi connectivity index (χ4v) is 4.59. The molecule has 122 valence electrons. The highest BCUT2D eigenvalue weighted by Crippen LogP contribution is 2.58. The number of hydrogen-bond donors (Lipinski definition) is 2. The van der Waals surface area contributed by atoms with E-state index in [0.717, 1.165) is 22.6 Å². The number of nitrogens with zero attached hydrogens (tertiary/aromatic N) is 2. The average Bonchev–Trinajstić information content (AvgIpc) is 2.67. The number of fused-ring (bicyclic) bond motifs is 5. The first kappa shape index (κ1) is 13.3. The fraction of sp³-hybridized carbons (Fsp3) is 0.143. The minimum atomic E-state index is -0.661. The third-order valence-corrected chi connectivity index (χ3v) is 5.60. The van der Waals surface area contributed by atoms with Crippen molar-refractivity contribution in [3.8, 4) is 0 Å². The van der Waals surface area contributed by atoms with Crippen LogP contribution in [-0.2, 0) is 0 Å². The number of aliphatic hydroxyl groups excluding tert-OH is 1. The van der Waals surface area contributed by atoms with Crippen molar-refractivity contribution in [2.75, 3.05) is 15.1 Å². The van der Waals surface area contributed by atoms with Crippen molar-refractivity contribution in [1.82, 2.24) is 0 Å². The Morgan fingerprint density at radius 1 is 0.680 bits per heavy atom. The van der Waals surface area contributed by atoms with Crippen LogP contribution in [0.2, 0.25) is 0 Å².